The van der Waals surface area contributed by atoms with E-state index in [2.05, 4.69) is 4.98 Å². The number of hydrogen-bond acceptors (Lipinski definition) is 3. The first-order valence-corrected chi connectivity index (χ1v) is 5.87. The number of pyridine rings is 1. The van der Waals surface area contributed by atoms with Gasteiger partial charge in [0.2, 0.25) is 0 Å². The van der Waals surface area contributed by atoms with Crippen LogP contribution in [0.15, 0.2) is 36.5 Å². The van der Waals surface area contributed by atoms with Crippen molar-refractivity contribution >= 4 is 0 Å². The minimum atomic E-state index is -0.762. The van der Waals surface area contributed by atoms with Gasteiger partial charge in [0.15, 0.2) is 0 Å². The van der Waals surface area contributed by atoms with Gasteiger partial charge in [0.1, 0.15) is 17.5 Å². The van der Waals surface area contributed by atoms with Gasteiger partial charge in [-0.2, -0.15) is 0 Å². The van der Waals surface area contributed by atoms with Gasteiger partial charge in [-0.3, -0.25) is 4.98 Å². The topological polar surface area (TPSA) is 42.4 Å². The first kappa shape index (κ1) is 12.6. The molecule has 0 spiro atoms. The van der Waals surface area contributed by atoms with Gasteiger partial charge in [-0.25, -0.2) is 0 Å². The maximum Gasteiger partial charge on any atom is 0.143 e. The summed E-state index contributed by atoms with van der Waals surface area (Å²) in [6, 6.07) is 9.56. The number of aliphatic hydroxyl groups is 1. The maximum atomic E-state index is 10.4. The van der Waals surface area contributed by atoms with E-state index in [0.29, 0.717) is 11.4 Å². The van der Waals surface area contributed by atoms with Crippen LogP contribution in [0.5, 0.6) is 5.75 Å². The molecule has 0 radical (unpaired) electrons. The lowest BCUT2D eigenvalue weighted by atomic mass is 9.98. The Bertz CT molecular complexity index is 552. The first-order chi connectivity index (χ1) is 8.63. The Kier molecular flexibility index (Phi) is 3.63. The zero-order chi connectivity index (χ0) is 13.1. The lowest BCUT2D eigenvalue weighted by Crippen LogP contribution is -2.06. The maximum absolute atomic E-state index is 10.4. The molecule has 1 unspecified atom stereocenters. The summed E-state index contributed by atoms with van der Waals surface area (Å²) < 4.78 is 5.23. The fourth-order valence-corrected chi connectivity index (χ4v) is 2.06. The molecule has 1 aromatic carbocycles. The van der Waals surface area contributed by atoms with Gasteiger partial charge < -0.3 is 9.84 Å². The zero-order valence-electron chi connectivity index (χ0n) is 10.8. The molecular weight excluding hydrogens is 226 g/mol. The van der Waals surface area contributed by atoms with E-state index < -0.39 is 6.10 Å². The Balaban J connectivity index is 2.44. The largest absolute Gasteiger partial charge is 0.495 e. The van der Waals surface area contributed by atoms with Crippen LogP contribution in [0.3, 0.4) is 0 Å². The predicted octanol–water partition coefficient (Wildman–Crippen LogP) is 2.79. The van der Waals surface area contributed by atoms with E-state index in [4.69, 9.17) is 4.74 Å². The summed E-state index contributed by atoms with van der Waals surface area (Å²) >= 11 is 0. The van der Waals surface area contributed by atoms with Crippen LogP contribution in [0, 0.1) is 13.8 Å². The molecule has 0 saturated carbocycles. The van der Waals surface area contributed by atoms with Gasteiger partial charge >= 0.3 is 0 Å². The fraction of sp³-hybridized carbons (Fsp3) is 0.267. The number of methoxy groups -OCH3 is 1. The summed E-state index contributed by atoms with van der Waals surface area (Å²) in [6.07, 6.45) is 0.895. The van der Waals surface area contributed by atoms with Crippen molar-refractivity contribution in [1.82, 2.24) is 4.98 Å². The first-order valence-electron chi connectivity index (χ1n) is 5.87. The summed E-state index contributed by atoms with van der Waals surface area (Å²) in [6.45, 7) is 4.02. The lowest BCUT2D eigenvalue weighted by Gasteiger charge is -2.16. The van der Waals surface area contributed by atoms with Crippen molar-refractivity contribution in [2.75, 3.05) is 7.11 Å². The van der Waals surface area contributed by atoms with Crippen LogP contribution in [0.4, 0.5) is 0 Å². The molecule has 94 valence electrons. The molecule has 0 aliphatic carbocycles. The zero-order valence-corrected chi connectivity index (χ0v) is 10.8. The summed E-state index contributed by atoms with van der Waals surface area (Å²) in [5.41, 5.74) is 3.64. The van der Waals surface area contributed by atoms with Crippen LogP contribution >= 0.6 is 0 Å². The van der Waals surface area contributed by atoms with Crippen LogP contribution in [0.25, 0.3) is 0 Å². The van der Waals surface area contributed by atoms with Crippen LogP contribution in [-0.2, 0) is 0 Å². The third-order valence-corrected chi connectivity index (χ3v) is 3.00. The molecule has 1 heterocycles. The van der Waals surface area contributed by atoms with Crippen molar-refractivity contribution in [3.8, 4) is 5.75 Å². The Labute approximate surface area is 107 Å². The Morgan fingerprint density at radius 3 is 2.67 bits per heavy atom. The molecule has 1 N–H and O–H groups in total. The molecule has 1 atom stereocenters. The number of rotatable bonds is 3. The standard InChI is InChI=1S/C15H17NO2/c1-10-6-7-12(11(2)9-10)15(17)14-13(18-3)5-4-8-16-14/h4-9,15,17H,1-3H3. The molecule has 0 aliphatic heterocycles. The molecule has 18 heavy (non-hydrogen) atoms. The highest BCUT2D eigenvalue weighted by atomic mass is 16.5. The number of aromatic nitrogens is 1. The van der Waals surface area contributed by atoms with Crippen molar-refractivity contribution in [1.29, 1.82) is 0 Å². The monoisotopic (exact) mass is 243 g/mol. The molecule has 3 heteroatoms. The van der Waals surface area contributed by atoms with Gasteiger partial charge in [0, 0.05) is 6.20 Å². The summed E-state index contributed by atoms with van der Waals surface area (Å²) in [7, 11) is 1.58. The quantitative estimate of drug-likeness (QED) is 0.901. The number of aliphatic hydroxyl groups excluding tert-OH is 1. The minimum Gasteiger partial charge on any atom is -0.495 e. The van der Waals surface area contributed by atoms with Crippen LogP contribution in [-0.4, -0.2) is 17.2 Å². The second kappa shape index (κ2) is 5.19. The second-order valence-electron chi connectivity index (χ2n) is 4.35. The van der Waals surface area contributed by atoms with E-state index in [1.807, 2.05) is 32.0 Å². The molecule has 3 nitrogen and oxygen atoms in total. The SMILES string of the molecule is COc1cccnc1C(O)c1ccc(C)cc1C. The fourth-order valence-electron chi connectivity index (χ4n) is 2.06. The molecule has 0 aliphatic rings. The molecule has 2 aromatic rings. The Hall–Kier alpha value is -1.87. The second-order valence-corrected chi connectivity index (χ2v) is 4.35. The molecule has 1 aromatic heterocycles. The summed E-state index contributed by atoms with van der Waals surface area (Å²) in [5, 5.41) is 10.4. The van der Waals surface area contributed by atoms with Crippen molar-refractivity contribution in [2.24, 2.45) is 0 Å². The van der Waals surface area contributed by atoms with Crippen molar-refractivity contribution in [2.45, 2.75) is 20.0 Å². The Morgan fingerprint density at radius 1 is 1.22 bits per heavy atom. The van der Waals surface area contributed by atoms with E-state index in [1.54, 1.807) is 25.4 Å². The summed E-state index contributed by atoms with van der Waals surface area (Å²) in [5.74, 6) is 0.602. The third kappa shape index (κ3) is 2.36. The van der Waals surface area contributed by atoms with Crippen molar-refractivity contribution in [3.63, 3.8) is 0 Å². The number of nitrogens with zero attached hydrogens (tertiary/aromatic N) is 1. The molecule has 0 amide bonds. The van der Waals surface area contributed by atoms with Crippen LogP contribution in [0.2, 0.25) is 0 Å². The molecule has 0 bridgehead atoms. The number of hydrogen-bond donors (Lipinski definition) is 1. The van der Waals surface area contributed by atoms with Crippen LogP contribution in [0.1, 0.15) is 28.5 Å². The smallest absolute Gasteiger partial charge is 0.143 e. The Morgan fingerprint density at radius 2 is 2.00 bits per heavy atom. The number of aryl methyl sites for hydroxylation is 2. The average Bonchev–Trinajstić information content (AvgIpc) is 2.38. The molecule has 0 saturated heterocycles. The van der Waals surface area contributed by atoms with Gasteiger partial charge in [-0.1, -0.05) is 23.8 Å². The van der Waals surface area contributed by atoms with Crippen molar-refractivity contribution < 1.29 is 9.84 Å². The number of benzene rings is 1. The van der Waals surface area contributed by atoms with Gasteiger partial charge in [-0.15, -0.1) is 0 Å². The van der Waals surface area contributed by atoms with Gasteiger partial charge in [-0.05, 0) is 37.1 Å². The molecule has 2 rings (SSSR count). The van der Waals surface area contributed by atoms with E-state index >= 15 is 0 Å². The highest BCUT2D eigenvalue weighted by Crippen LogP contribution is 2.29. The lowest BCUT2D eigenvalue weighted by molar-refractivity contribution is 0.208. The summed E-state index contributed by atoms with van der Waals surface area (Å²) in [4.78, 5) is 4.21. The minimum absolute atomic E-state index is 0.548. The van der Waals surface area contributed by atoms with E-state index in [-0.39, 0.29) is 0 Å². The molecule has 0 fully saturated rings. The molecular formula is C15H17NO2. The van der Waals surface area contributed by atoms with E-state index in [1.165, 1.54) is 5.56 Å². The highest BCUT2D eigenvalue weighted by Gasteiger charge is 2.18. The van der Waals surface area contributed by atoms with Crippen molar-refractivity contribution in [3.05, 3.63) is 58.9 Å². The highest BCUT2D eigenvalue weighted by molar-refractivity contribution is 5.39. The van der Waals surface area contributed by atoms with Gasteiger partial charge in [0.05, 0.1) is 7.11 Å². The normalized spacial score (nSPS) is 12.2. The van der Waals surface area contributed by atoms with Gasteiger partial charge in [0.25, 0.3) is 0 Å². The predicted molar refractivity (Wildman–Crippen MR) is 70.8 cm³/mol. The van der Waals surface area contributed by atoms with Crippen LogP contribution < -0.4 is 4.74 Å². The number of ether oxygens (including phenoxy) is 1. The third-order valence-electron chi connectivity index (χ3n) is 3.00. The van der Waals surface area contributed by atoms with E-state index in [0.717, 1.165) is 11.1 Å². The van der Waals surface area contributed by atoms with E-state index in [9.17, 15) is 5.11 Å². The average molecular weight is 243 g/mol.